The lowest BCUT2D eigenvalue weighted by Crippen LogP contribution is -2.04. The second kappa shape index (κ2) is 19.0. The smallest absolute Gasteiger partial charge is 0.164 e. The van der Waals surface area contributed by atoms with Gasteiger partial charge in [-0.15, -0.1) is 0 Å². The average molecular weight is 1040 g/mol. The van der Waals surface area contributed by atoms with Crippen LogP contribution in [-0.2, 0) is 0 Å². The molecule has 0 saturated heterocycles. The summed E-state index contributed by atoms with van der Waals surface area (Å²) in [5.41, 5.74) is 18.6. The number of aromatic nitrogens is 5. The molecule has 0 aliphatic heterocycles. The first-order chi connectivity index (χ1) is 40.2. The summed E-state index contributed by atoms with van der Waals surface area (Å²) in [6.45, 7) is 0. The van der Waals surface area contributed by atoms with Crippen molar-refractivity contribution >= 4 is 65.6 Å². The van der Waals surface area contributed by atoms with Gasteiger partial charge in [0.05, 0.1) is 38.5 Å². The molecule has 0 amide bonds. The molecule has 0 N–H and O–H groups in total. The number of hydrogen-bond acceptors (Lipinski definition) is 4. The second-order valence-electron chi connectivity index (χ2n) is 21.0. The van der Waals surface area contributed by atoms with Crippen LogP contribution in [0.1, 0.15) is 17.9 Å². The van der Waals surface area contributed by atoms with E-state index in [4.69, 9.17) is 19.4 Å². The molecule has 380 valence electrons. The molecule has 0 bridgehead atoms. The number of furan rings is 1. The van der Waals surface area contributed by atoms with Crippen molar-refractivity contribution in [3.8, 4) is 78.9 Å². The van der Waals surface area contributed by atoms with E-state index in [2.05, 4.69) is 270 Å². The Labute approximate surface area is 467 Å². The van der Waals surface area contributed by atoms with Crippen molar-refractivity contribution in [2.75, 3.05) is 0 Å². The van der Waals surface area contributed by atoms with Crippen LogP contribution in [0.25, 0.3) is 144 Å². The molecule has 0 saturated carbocycles. The number of para-hydroxylation sites is 3. The van der Waals surface area contributed by atoms with Crippen LogP contribution in [0.3, 0.4) is 0 Å². The monoisotopic (exact) mass is 1040 g/mol. The molecule has 6 heteroatoms. The molecule has 4 aromatic heterocycles. The van der Waals surface area contributed by atoms with Crippen molar-refractivity contribution in [2.45, 2.75) is 12.3 Å². The van der Waals surface area contributed by atoms with Gasteiger partial charge in [0, 0.05) is 61.0 Å². The normalized spacial score (nSPS) is 13.4. The molecule has 4 heterocycles. The van der Waals surface area contributed by atoms with Gasteiger partial charge < -0.3 is 13.6 Å². The number of benzene rings is 11. The van der Waals surface area contributed by atoms with E-state index in [-0.39, 0.29) is 5.92 Å². The van der Waals surface area contributed by atoms with E-state index in [0.717, 1.165) is 133 Å². The summed E-state index contributed by atoms with van der Waals surface area (Å²) in [6.07, 6.45) is 9.74. The van der Waals surface area contributed by atoms with Gasteiger partial charge >= 0.3 is 0 Å². The zero-order valence-corrected chi connectivity index (χ0v) is 44.0. The minimum atomic E-state index is 0.217. The van der Waals surface area contributed by atoms with Crippen molar-refractivity contribution in [1.82, 2.24) is 24.1 Å². The third kappa shape index (κ3) is 7.75. The standard InChI is InChI=1S/C75H49N5O/c1-7-23-48(24-8-1)53-43-54(49-25-9-2-10-26-49)45-55(44-53)74-76-73(52-31-15-5-16-32-52)77-75(78-74)56-46-62(50-27-11-3-12-28-50)70(63(47-56)51-29-13-4-14-30-51)80-65-38-22-20-36-61(65)69-67(80)42-40-59-58-39-41-66-68(71(58)81-72(59)69)60-35-19-21-37-64(60)79(66)57-33-17-6-18-34-57/h1-25,27-47,49H,26H2. The Morgan fingerprint density at radius 3 is 1.36 bits per heavy atom. The van der Waals surface area contributed by atoms with Crippen LogP contribution in [0.15, 0.2) is 284 Å². The molecule has 15 aromatic rings. The van der Waals surface area contributed by atoms with Crippen molar-refractivity contribution in [3.63, 3.8) is 0 Å². The molecule has 1 aliphatic rings. The Morgan fingerprint density at radius 2 is 0.802 bits per heavy atom. The predicted octanol–water partition coefficient (Wildman–Crippen LogP) is 19.6. The highest BCUT2D eigenvalue weighted by Gasteiger charge is 2.27. The highest BCUT2D eigenvalue weighted by atomic mass is 16.3. The van der Waals surface area contributed by atoms with E-state index in [1.54, 1.807) is 0 Å². The van der Waals surface area contributed by atoms with Gasteiger partial charge in [0.15, 0.2) is 17.5 Å². The summed E-state index contributed by atoms with van der Waals surface area (Å²) in [5.74, 6) is 2.01. The van der Waals surface area contributed by atoms with Crippen LogP contribution in [0.4, 0.5) is 0 Å². The van der Waals surface area contributed by atoms with Gasteiger partial charge in [-0.1, -0.05) is 206 Å². The highest BCUT2D eigenvalue weighted by molar-refractivity contribution is 6.29. The van der Waals surface area contributed by atoms with Crippen molar-refractivity contribution < 1.29 is 4.42 Å². The largest absolute Gasteiger partial charge is 0.455 e. The molecule has 11 aromatic carbocycles. The zero-order valence-electron chi connectivity index (χ0n) is 44.0. The van der Waals surface area contributed by atoms with E-state index in [1.807, 2.05) is 18.2 Å². The summed E-state index contributed by atoms with van der Waals surface area (Å²) >= 11 is 0. The van der Waals surface area contributed by atoms with Gasteiger partial charge in [-0.05, 0) is 107 Å². The Balaban J connectivity index is 0.963. The fourth-order valence-electron chi connectivity index (χ4n) is 12.5. The zero-order chi connectivity index (χ0) is 53.4. The fourth-order valence-corrected chi connectivity index (χ4v) is 12.5. The lowest BCUT2D eigenvalue weighted by Gasteiger charge is -2.21. The number of nitrogens with zero attached hydrogens (tertiary/aromatic N) is 5. The summed E-state index contributed by atoms with van der Waals surface area (Å²) < 4.78 is 12.2. The maximum Gasteiger partial charge on any atom is 0.164 e. The molecule has 1 aliphatic carbocycles. The lowest BCUT2D eigenvalue weighted by atomic mass is 9.88. The van der Waals surface area contributed by atoms with Gasteiger partial charge in [-0.3, -0.25) is 0 Å². The number of hydrogen-bond donors (Lipinski definition) is 0. The molecule has 6 nitrogen and oxygen atoms in total. The van der Waals surface area contributed by atoms with Crippen LogP contribution in [-0.4, -0.2) is 24.1 Å². The van der Waals surface area contributed by atoms with Gasteiger partial charge in [0.2, 0.25) is 0 Å². The van der Waals surface area contributed by atoms with Crippen molar-refractivity contribution in [3.05, 3.63) is 285 Å². The summed E-state index contributed by atoms with van der Waals surface area (Å²) in [6, 6.07) is 90.9. The molecule has 0 radical (unpaired) electrons. The van der Waals surface area contributed by atoms with E-state index in [0.29, 0.717) is 17.5 Å². The summed E-state index contributed by atoms with van der Waals surface area (Å²) in [4.78, 5) is 16.3. The van der Waals surface area contributed by atoms with Crippen LogP contribution in [0.5, 0.6) is 0 Å². The molecular weight excluding hydrogens is 987 g/mol. The molecule has 16 rings (SSSR count). The van der Waals surface area contributed by atoms with Gasteiger partial charge in [0.1, 0.15) is 11.2 Å². The quantitative estimate of drug-likeness (QED) is 0.145. The topological polar surface area (TPSA) is 61.7 Å². The van der Waals surface area contributed by atoms with Crippen molar-refractivity contribution in [2.24, 2.45) is 0 Å². The van der Waals surface area contributed by atoms with Crippen LogP contribution >= 0.6 is 0 Å². The third-order valence-electron chi connectivity index (χ3n) is 16.2. The molecule has 1 unspecified atom stereocenters. The summed E-state index contributed by atoms with van der Waals surface area (Å²) in [5, 5.41) is 6.59. The minimum Gasteiger partial charge on any atom is -0.455 e. The number of allylic oxidation sites excluding steroid dienone is 4. The van der Waals surface area contributed by atoms with Crippen LogP contribution in [0.2, 0.25) is 0 Å². The summed E-state index contributed by atoms with van der Waals surface area (Å²) in [7, 11) is 0. The lowest BCUT2D eigenvalue weighted by molar-refractivity contribution is 0.677. The molecule has 81 heavy (non-hydrogen) atoms. The third-order valence-corrected chi connectivity index (χ3v) is 16.2. The Morgan fingerprint density at radius 1 is 0.346 bits per heavy atom. The second-order valence-corrected chi connectivity index (χ2v) is 21.0. The SMILES string of the molecule is C1=CCC(c2cc(-c3ccccc3)cc(-c3nc(-c4ccccc4)nc(-c4cc(-c5ccccc5)c(-n5c6ccccc6c6c7oc8c(ccc9c8c8ccccc8n9-c8ccccc8)c7ccc65)c(-c5ccccc5)c4)n3)c2)C=C1. The van der Waals surface area contributed by atoms with E-state index < -0.39 is 0 Å². The molecule has 0 fully saturated rings. The first-order valence-electron chi connectivity index (χ1n) is 27.7. The first kappa shape index (κ1) is 46.4. The number of rotatable bonds is 9. The van der Waals surface area contributed by atoms with Crippen LogP contribution in [0, 0.1) is 0 Å². The maximum absolute atomic E-state index is 7.41. The van der Waals surface area contributed by atoms with Crippen molar-refractivity contribution in [1.29, 1.82) is 0 Å². The molecule has 0 spiro atoms. The maximum atomic E-state index is 7.41. The predicted molar refractivity (Wildman–Crippen MR) is 334 cm³/mol. The highest BCUT2D eigenvalue weighted by Crippen LogP contribution is 2.48. The Kier molecular flexibility index (Phi) is 10.9. The van der Waals surface area contributed by atoms with Crippen LogP contribution < -0.4 is 0 Å². The first-order valence-corrected chi connectivity index (χ1v) is 27.7. The van der Waals surface area contributed by atoms with Gasteiger partial charge in [-0.2, -0.15) is 0 Å². The Bertz CT molecular complexity index is 4940. The number of fused-ring (bicyclic) bond motifs is 11. The fraction of sp³-hybridized carbons (Fsp3) is 0.0267. The Hall–Kier alpha value is -10.7. The average Bonchev–Trinajstić information content (AvgIpc) is 3.74. The molecule has 1 atom stereocenters. The van der Waals surface area contributed by atoms with Gasteiger partial charge in [-0.25, -0.2) is 15.0 Å². The van der Waals surface area contributed by atoms with E-state index in [1.165, 1.54) is 5.56 Å². The van der Waals surface area contributed by atoms with Gasteiger partial charge in [0.25, 0.3) is 0 Å². The minimum absolute atomic E-state index is 0.217. The van der Waals surface area contributed by atoms with E-state index in [9.17, 15) is 0 Å². The van der Waals surface area contributed by atoms with E-state index >= 15 is 0 Å². The molecular formula is C75H49N5O.